The van der Waals surface area contributed by atoms with Gasteiger partial charge >= 0.3 is 0 Å². The van der Waals surface area contributed by atoms with Crippen molar-refractivity contribution in [1.82, 2.24) is 0 Å². The van der Waals surface area contributed by atoms with Crippen molar-refractivity contribution in [2.75, 3.05) is 0 Å². The zero-order valence-corrected chi connectivity index (χ0v) is 20.7. The van der Waals surface area contributed by atoms with Crippen molar-refractivity contribution >= 4 is 0 Å². The Morgan fingerprint density at radius 1 is 0.645 bits per heavy atom. The van der Waals surface area contributed by atoms with Crippen molar-refractivity contribution in [2.24, 2.45) is 21.7 Å². The van der Waals surface area contributed by atoms with Gasteiger partial charge in [0.2, 0.25) is 0 Å². The number of allylic oxidation sites excluding steroid dienone is 18. The summed E-state index contributed by atoms with van der Waals surface area (Å²) in [6, 6.07) is 0. The van der Waals surface area contributed by atoms with Crippen LogP contribution in [0.3, 0.4) is 0 Å². The lowest BCUT2D eigenvalue weighted by Gasteiger charge is -2.58. The monoisotopic (exact) mass is 408 g/mol. The number of fused-ring (bicyclic) bond motifs is 1. The quantitative estimate of drug-likeness (QED) is 0.377. The predicted molar refractivity (Wildman–Crippen MR) is 134 cm³/mol. The summed E-state index contributed by atoms with van der Waals surface area (Å²) in [5, 5.41) is 0. The normalized spacial score (nSPS) is 32.6. The molecule has 2 atom stereocenters. The Labute approximate surface area is 188 Å². The second kappa shape index (κ2) is 5.91. The largest absolute Gasteiger partial charge is 0.0798 e. The molecule has 0 radical (unpaired) electrons. The molecule has 31 heavy (non-hydrogen) atoms. The lowest BCUT2D eigenvalue weighted by Crippen LogP contribution is -2.49. The summed E-state index contributed by atoms with van der Waals surface area (Å²) in [6.45, 7) is 21.1. The van der Waals surface area contributed by atoms with E-state index in [-0.39, 0.29) is 21.7 Å². The van der Waals surface area contributed by atoms with E-state index in [2.05, 4.69) is 117 Å². The van der Waals surface area contributed by atoms with Crippen LogP contribution in [0.4, 0.5) is 0 Å². The molecule has 0 N–H and O–H groups in total. The number of rotatable bonds is 0. The molecule has 160 valence electrons. The van der Waals surface area contributed by atoms with Crippen LogP contribution in [-0.4, -0.2) is 0 Å². The van der Waals surface area contributed by atoms with Crippen LogP contribution in [0.1, 0.15) is 62.3 Å². The molecule has 5 aliphatic carbocycles. The van der Waals surface area contributed by atoms with Gasteiger partial charge in [0.05, 0.1) is 0 Å². The van der Waals surface area contributed by atoms with Gasteiger partial charge in [-0.3, -0.25) is 0 Å². The molecule has 0 saturated carbocycles. The Hall–Kier alpha value is -2.34. The highest BCUT2D eigenvalue weighted by Gasteiger charge is 2.59. The van der Waals surface area contributed by atoms with Gasteiger partial charge in [-0.05, 0) is 67.9 Å². The fourth-order valence-electron chi connectivity index (χ4n) is 6.14. The minimum Gasteiger partial charge on any atom is -0.0798 e. The maximum atomic E-state index is 2.52. The van der Waals surface area contributed by atoms with Crippen LogP contribution < -0.4 is 0 Å². The van der Waals surface area contributed by atoms with E-state index < -0.39 is 0 Å². The molecule has 0 aromatic carbocycles. The zero-order chi connectivity index (χ0) is 22.6. The van der Waals surface area contributed by atoms with E-state index in [0.29, 0.717) is 0 Å². The first-order chi connectivity index (χ1) is 14.3. The highest BCUT2D eigenvalue weighted by Crippen LogP contribution is 2.69. The van der Waals surface area contributed by atoms with Gasteiger partial charge in [-0.25, -0.2) is 0 Å². The summed E-state index contributed by atoms with van der Waals surface area (Å²) < 4.78 is 0. The third-order valence-corrected chi connectivity index (χ3v) is 8.49. The van der Waals surface area contributed by atoms with Crippen molar-refractivity contribution in [1.29, 1.82) is 0 Å². The van der Waals surface area contributed by atoms with Crippen molar-refractivity contribution < 1.29 is 0 Å². The van der Waals surface area contributed by atoms with Crippen molar-refractivity contribution in [3.8, 4) is 0 Å². The Kier molecular flexibility index (Phi) is 3.92. The summed E-state index contributed by atoms with van der Waals surface area (Å²) in [6.07, 6.45) is 21.8. The fraction of sp³-hybridized carbons (Fsp3) is 0.419. The smallest absolute Gasteiger partial charge is 0.0315 e. The third kappa shape index (κ3) is 2.43. The minimum atomic E-state index is -0.0727. The van der Waals surface area contributed by atoms with E-state index in [1.165, 1.54) is 50.2 Å². The van der Waals surface area contributed by atoms with Crippen molar-refractivity contribution in [3.05, 3.63) is 105 Å². The number of hydrogen-bond acceptors (Lipinski definition) is 0. The molecule has 0 unspecified atom stereocenters. The standard InChI is InChI=1S/C31H36/c1-10-19-11-14-24-25-17-22(28(2,3)4)15-20-12-13-21-16-23(29(5,6)7)18-26(27(19)24)31(21,9)30(20,25)8/h10-18H,1-9H3/b19-10-/t30-,31-/m0/s1. The first-order valence-electron chi connectivity index (χ1n) is 11.7. The lowest BCUT2D eigenvalue weighted by molar-refractivity contribution is 0.242. The molecule has 0 fully saturated rings. The van der Waals surface area contributed by atoms with E-state index in [1.807, 2.05) is 0 Å². The molecule has 0 aliphatic heterocycles. The molecule has 0 spiro atoms. The number of hydrogen-bond donors (Lipinski definition) is 0. The van der Waals surface area contributed by atoms with E-state index in [9.17, 15) is 0 Å². The topological polar surface area (TPSA) is 0 Å². The van der Waals surface area contributed by atoms with E-state index in [0.717, 1.165) is 0 Å². The van der Waals surface area contributed by atoms with Crippen molar-refractivity contribution in [2.45, 2.75) is 62.3 Å². The molecule has 0 bridgehead atoms. The van der Waals surface area contributed by atoms with Gasteiger partial charge in [0, 0.05) is 10.8 Å². The van der Waals surface area contributed by atoms with Crippen molar-refractivity contribution in [3.63, 3.8) is 0 Å². The van der Waals surface area contributed by atoms with E-state index in [4.69, 9.17) is 0 Å². The lowest BCUT2D eigenvalue weighted by atomic mass is 9.44. The van der Waals surface area contributed by atoms with Gasteiger partial charge in [-0.2, -0.15) is 0 Å². The minimum absolute atomic E-state index is 0.0655. The molecular formula is C31H36. The Morgan fingerprint density at radius 2 is 1.13 bits per heavy atom. The first kappa shape index (κ1) is 20.6. The van der Waals surface area contributed by atoms with Gasteiger partial charge < -0.3 is 0 Å². The third-order valence-electron chi connectivity index (χ3n) is 8.49. The van der Waals surface area contributed by atoms with Crippen LogP contribution in [0.25, 0.3) is 0 Å². The fourth-order valence-corrected chi connectivity index (χ4v) is 6.14. The maximum Gasteiger partial charge on any atom is 0.0315 e. The SMILES string of the molecule is C/C=C1/C=CC2=C3C=C(C(C)(C)C)C=C4C=CC5=CC(C(C)(C)C)=CC(=C21)[C@@]5(C)[C@@]43C. The van der Waals surface area contributed by atoms with Crippen LogP contribution in [0.15, 0.2) is 105 Å². The highest BCUT2D eigenvalue weighted by molar-refractivity contribution is 5.80. The second-order valence-electron chi connectivity index (χ2n) is 12.2. The Morgan fingerprint density at radius 3 is 1.61 bits per heavy atom. The summed E-state index contributed by atoms with van der Waals surface area (Å²) in [5.41, 5.74) is 13.1. The van der Waals surface area contributed by atoms with Crippen LogP contribution in [0.5, 0.6) is 0 Å². The van der Waals surface area contributed by atoms with E-state index >= 15 is 0 Å². The molecular weight excluding hydrogens is 372 g/mol. The molecule has 0 aromatic heterocycles. The Balaban J connectivity index is 1.95. The average molecular weight is 409 g/mol. The van der Waals surface area contributed by atoms with Crippen LogP contribution in [-0.2, 0) is 0 Å². The van der Waals surface area contributed by atoms with Crippen LogP contribution in [0, 0.1) is 21.7 Å². The van der Waals surface area contributed by atoms with Gasteiger partial charge in [0.25, 0.3) is 0 Å². The van der Waals surface area contributed by atoms with Gasteiger partial charge in [0.15, 0.2) is 0 Å². The summed E-state index contributed by atoms with van der Waals surface area (Å²) in [7, 11) is 0. The van der Waals surface area contributed by atoms with Gasteiger partial charge in [0.1, 0.15) is 0 Å². The summed E-state index contributed by atoms with van der Waals surface area (Å²) in [5.74, 6) is 0. The van der Waals surface area contributed by atoms with Gasteiger partial charge in [-0.15, -0.1) is 0 Å². The predicted octanol–water partition coefficient (Wildman–Crippen LogP) is 8.52. The molecule has 0 heterocycles. The summed E-state index contributed by atoms with van der Waals surface area (Å²) in [4.78, 5) is 0. The van der Waals surface area contributed by atoms with Gasteiger partial charge in [-0.1, -0.05) is 110 Å². The molecule has 0 aromatic rings. The van der Waals surface area contributed by atoms with Crippen LogP contribution in [0.2, 0.25) is 0 Å². The molecule has 5 rings (SSSR count). The maximum absolute atomic E-state index is 2.52. The second-order valence-corrected chi connectivity index (χ2v) is 12.2. The summed E-state index contributed by atoms with van der Waals surface area (Å²) >= 11 is 0. The average Bonchev–Trinajstić information content (AvgIpc) is 3.08. The van der Waals surface area contributed by atoms with E-state index in [1.54, 1.807) is 0 Å². The molecule has 0 amide bonds. The first-order valence-corrected chi connectivity index (χ1v) is 11.7. The molecule has 0 saturated heterocycles. The highest BCUT2D eigenvalue weighted by atomic mass is 14.6. The molecule has 0 nitrogen and oxygen atoms in total. The zero-order valence-electron chi connectivity index (χ0n) is 20.7. The van der Waals surface area contributed by atoms with Crippen LogP contribution >= 0.6 is 0 Å². The molecule has 5 aliphatic rings. The Bertz CT molecular complexity index is 1190. The molecule has 0 heteroatoms.